The van der Waals surface area contributed by atoms with E-state index in [0.29, 0.717) is 28.2 Å². The normalized spacial score (nSPS) is 13.4. The van der Waals surface area contributed by atoms with E-state index in [2.05, 4.69) is 5.32 Å². The fourth-order valence-corrected chi connectivity index (χ4v) is 4.26. The van der Waals surface area contributed by atoms with Gasteiger partial charge in [-0.2, -0.15) is 0 Å². The quantitative estimate of drug-likeness (QED) is 0.369. The van der Waals surface area contributed by atoms with Gasteiger partial charge in [0.25, 0.3) is 5.91 Å². The predicted octanol–water partition coefficient (Wildman–Crippen LogP) is 4.71. The van der Waals surface area contributed by atoms with Crippen LogP contribution in [-0.2, 0) is 11.3 Å². The molecule has 0 radical (unpaired) electrons. The lowest BCUT2D eigenvalue weighted by molar-refractivity contribution is 0.0526. The van der Waals surface area contributed by atoms with Gasteiger partial charge in [0.2, 0.25) is 5.88 Å². The van der Waals surface area contributed by atoms with Gasteiger partial charge in [-0.15, -0.1) is 0 Å². The number of carbonyl (C=O) groups is 2. The third-order valence-corrected chi connectivity index (χ3v) is 6.10. The van der Waals surface area contributed by atoms with Crippen molar-refractivity contribution in [3.05, 3.63) is 65.2 Å². The summed E-state index contributed by atoms with van der Waals surface area (Å²) in [4.78, 5) is 25.0. The molecule has 2 aromatic carbocycles. The van der Waals surface area contributed by atoms with E-state index in [0.717, 1.165) is 25.7 Å². The highest BCUT2D eigenvalue weighted by Crippen LogP contribution is 2.35. The molecule has 0 saturated heterocycles. The Morgan fingerprint density at radius 3 is 2.53 bits per heavy atom. The standard InChI is InChI=1S/C27H30N2O7/c1-3-35-27(33)19-8-6-7-17(13-19)16-29-24(30)15-21(26(29)32)28-25(31)18-11-12-22(34-2)23(14-18)36-20-9-4-5-10-20/h6-8,11-15,20,30,32H,3-5,9-10,16H2,1-2H3,(H,28,31). The maximum atomic E-state index is 13.0. The van der Waals surface area contributed by atoms with Gasteiger partial charge in [-0.3, -0.25) is 9.36 Å². The minimum absolute atomic E-state index is 0.0492. The minimum atomic E-state index is -0.481. The molecule has 0 aliphatic heterocycles. The van der Waals surface area contributed by atoms with Crippen LogP contribution in [0.3, 0.4) is 0 Å². The Hall–Kier alpha value is -4.14. The van der Waals surface area contributed by atoms with Gasteiger partial charge in [0, 0.05) is 11.6 Å². The second kappa shape index (κ2) is 11.1. The summed E-state index contributed by atoms with van der Waals surface area (Å²) in [5.41, 5.74) is 1.39. The molecule has 1 saturated carbocycles. The van der Waals surface area contributed by atoms with Gasteiger partial charge in [0.15, 0.2) is 17.4 Å². The van der Waals surface area contributed by atoms with E-state index in [4.69, 9.17) is 14.2 Å². The van der Waals surface area contributed by atoms with Crippen molar-refractivity contribution in [1.29, 1.82) is 0 Å². The number of hydrogen-bond donors (Lipinski definition) is 3. The molecule has 0 unspecified atom stereocenters. The molecule has 0 bridgehead atoms. The summed E-state index contributed by atoms with van der Waals surface area (Å²) >= 11 is 0. The molecule has 190 valence electrons. The van der Waals surface area contributed by atoms with E-state index in [1.807, 2.05) is 0 Å². The molecule has 1 heterocycles. The van der Waals surface area contributed by atoms with Gasteiger partial charge in [-0.1, -0.05) is 12.1 Å². The third-order valence-electron chi connectivity index (χ3n) is 6.10. The molecule has 1 aliphatic rings. The zero-order chi connectivity index (χ0) is 25.7. The number of methoxy groups -OCH3 is 1. The number of ether oxygens (including phenoxy) is 3. The van der Waals surface area contributed by atoms with E-state index < -0.39 is 11.9 Å². The molecule has 9 nitrogen and oxygen atoms in total. The zero-order valence-electron chi connectivity index (χ0n) is 20.3. The van der Waals surface area contributed by atoms with Crippen LogP contribution in [0, 0.1) is 0 Å². The van der Waals surface area contributed by atoms with Crippen molar-refractivity contribution in [3.63, 3.8) is 0 Å². The summed E-state index contributed by atoms with van der Waals surface area (Å²) in [5, 5.41) is 23.8. The number of esters is 1. The van der Waals surface area contributed by atoms with E-state index in [1.165, 1.54) is 10.6 Å². The maximum absolute atomic E-state index is 13.0. The van der Waals surface area contributed by atoms with Gasteiger partial charge >= 0.3 is 5.97 Å². The predicted molar refractivity (Wildman–Crippen MR) is 133 cm³/mol. The molecule has 3 aromatic rings. The van der Waals surface area contributed by atoms with E-state index in [1.54, 1.807) is 56.5 Å². The minimum Gasteiger partial charge on any atom is -0.494 e. The Bertz CT molecular complexity index is 1240. The van der Waals surface area contributed by atoms with Gasteiger partial charge in [0.05, 0.1) is 31.9 Å². The molecule has 1 amide bonds. The number of aromatic nitrogens is 1. The Morgan fingerprint density at radius 1 is 1.03 bits per heavy atom. The van der Waals surface area contributed by atoms with Crippen LogP contribution in [0.5, 0.6) is 23.3 Å². The van der Waals surface area contributed by atoms with Crippen molar-refractivity contribution in [1.82, 2.24) is 4.57 Å². The van der Waals surface area contributed by atoms with Crippen molar-refractivity contribution in [2.24, 2.45) is 0 Å². The maximum Gasteiger partial charge on any atom is 0.338 e. The molecular formula is C27H30N2O7. The lowest BCUT2D eigenvalue weighted by Crippen LogP contribution is -2.14. The number of anilines is 1. The number of rotatable bonds is 9. The lowest BCUT2D eigenvalue weighted by Gasteiger charge is -2.16. The first-order valence-electron chi connectivity index (χ1n) is 11.9. The average molecular weight is 495 g/mol. The molecule has 9 heteroatoms. The Morgan fingerprint density at radius 2 is 1.81 bits per heavy atom. The molecule has 4 rings (SSSR count). The summed E-state index contributed by atoms with van der Waals surface area (Å²) < 4.78 is 17.7. The van der Waals surface area contributed by atoms with Gasteiger partial charge in [-0.25, -0.2) is 4.79 Å². The molecule has 1 aromatic heterocycles. The molecule has 0 spiro atoms. The second-order valence-corrected chi connectivity index (χ2v) is 8.59. The fourth-order valence-electron chi connectivity index (χ4n) is 4.26. The third kappa shape index (κ3) is 5.56. The number of nitrogens with zero attached hydrogens (tertiary/aromatic N) is 1. The van der Waals surface area contributed by atoms with Crippen LogP contribution in [-0.4, -0.2) is 46.5 Å². The van der Waals surface area contributed by atoms with Gasteiger partial charge in [-0.05, 0) is 68.5 Å². The van der Waals surface area contributed by atoms with Crippen LogP contribution in [0.2, 0.25) is 0 Å². The number of benzene rings is 2. The molecule has 1 aliphatic carbocycles. The van der Waals surface area contributed by atoms with Crippen molar-refractivity contribution in [3.8, 4) is 23.3 Å². The number of nitrogens with one attached hydrogen (secondary N) is 1. The number of aromatic hydroxyl groups is 2. The Labute approximate surface area is 209 Å². The summed E-state index contributed by atoms with van der Waals surface area (Å²) in [7, 11) is 1.54. The van der Waals surface area contributed by atoms with Crippen molar-refractivity contribution in [2.45, 2.75) is 45.3 Å². The Balaban J connectivity index is 1.50. The Kier molecular flexibility index (Phi) is 7.68. The van der Waals surface area contributed by atoms with Crippen LogP contribution in [0.25, 0.3) is 0 Å². The van der Waals surface area contributed by atoms with Gasteiger partial charge in [0.1, 0.15) is 5.69 Å². The molecule has 0 atom stereocenters. The summed E-state index contributed by atoms with van der Waals surface area (Å²) in [6.07, 6.45) is 4.24. The van der Waals surface area contributed by atoms with Crippen molar-refractivity contribution in [2.75, 3.05) is 19.0 Å². The average Bonchev–Trinajstić information content (AvgIpc) is 3.48. The molecule has 1 fully saturated rings. The van der Waals surface area contributed by atoms with Crippen LogP contribution in [0.4, 0.5) is 5.69 Å². The second-order valence-electron chi connectivity index (χ2n) is 8.59. The highest BCUT2D eigenvalue weighted by Gasteiger charge is 2.21. The van der Waals surface area contributed by atoms with Crippen LogP contribution in [0.1, 0.15) is 58.9 Å². The summed E-state index contributed by atoms with van der Waals surface area (Å²) in [6.45, 7) is 2.05. The smallest absolute Gasteiger partial charge is 0.338 e. The van der Waals surface area contributed by atoms with Crippen molar-refractivity contribution >= 4 is 17.6 Å². The fraction of sp³-hybridized carbons (Fsp3) is 0.333. The molecular weight excluding hydrogens is 464 g/mol. The zero-order valence-corrected chi connectivity index (χ0v) is 20.3. The first-order valence-corrected chi connectivity index (χ1v) is 11.9. The first-order chi connectivity index (χ1) is 17.4. The van der Waals surface area contributed by atoms with E-state index >= 15 is 0 Å². The monoisotopic (exact) mass is 494 g/mol. The molecule has 36 heavy (non-hydrogen) atoms. The first kappa shape index (κ1) is 25.0. The number of carbonyl (C=O) groups excluding carboxylic acids is 2. The topological polar surface area (TPSA) is 119 Å². The van der Waals surface area contributed by atoms with E-state index in [-0.39, 0.29) is 36.7 Å². The molecule has 3 N–H and O–H groups in total. The largest absolute Gasteiger partial charge is 0.494 e. The van der Waals surface area contributed by atoms with Gasteiger partial charge < -0.3 is 29.7 Å². The number of hydrogen-bond acceptors (Lipinski definition) is 7. The van der Waals surface area contributed by atoms with Crippen molar-refractivity contribution < 1.29 is 34.0 Å². The number of amides is 1. The summed E-state index contributed by atoms with van der Waals surface area (Å²) in [5.74, 6) is -0.476. The lowest BCUT2D eigenvalue weighted by atomic mass is 10.1. The van der Waals surface area contributed by atoms with E-state index in [9.17, 15) is 19.8 Å². The summed E-state index contributed by atoms with van der Waals surface area (Å²) in [6, 6.07) is 12.8. The highest BCUT2D eigenvalue weighted by atomic mass is 16.5. The SMILES string of the molecule is CCOC(=O)c1cccc(Cn2c(O)cc(NC(=O)c3ccc(OC)c(OC4CCCC4)c3)c2O)c1. The van der Waals surface area contributed by atoms with Crippen LogP contribution >= 0.6 is 0 Å². The van der Waals surface area contributed by atoms with Crippen LogP contribution < -0.4 is 14.8 Å². The highest BCUT2D eigenvalue weighted by molar-refractivity contribution is 6.05. The van der Waals surface area contributed by atoms with Crippen LogP contribution in [0.15, 0.2) is 48.5 Å².